The van der Waals surface area contributed by atoms with Crippen molar-refractivity contribution in [3.05, 3.63) is 64.7 Å². The molecule has 0 fully saturated rings. The van der Waals surface area contributed by atoms with Crippen molar-refractivity contribution in [1.82, 2.24) is 14.5 Å². The Kier molecular flexibility index (Phi) is 5.36. The van der Waals surface area contributed by atoms with Gasteiger partial charge in [-0.3, -0.25) is 0 Å². The Morgan fingerprint density at radius 3 is 2.48 bits per heavy atom. The molecule has 2 aromatic heterocycles. The summed E-state index contributed by atoms with van der Waals surface area (Å²) in [5.74, 6) is -0.174. The van der Waals surface area contributed by atoms with Gasteiger partial charge in [-0.2, -0.15) is 0 Å². The Hall–Kier alpha value is -3.12. The third-order valence-electron chi connectivity index (χ3n) is 4.78. The molecule has 4 aromatic rings. The number of carbonyl (C=O) groups is 1. The number of anilines is 1. The van der Waals surface area contributed by atoms with Gasteiger partial charge in [-0.1, -0.05) is 49.2 Å². The maximum Gasteiger partial charge on any atom is 0.344 e. The zero-order chi connectivity index (χ0) is 20.4. The van der Waals surface area contributed by atoms with Gasteiger partial charge in [-0.25, -0.2) is 14.8 Å². The van der Waals surface area contributed by atoms with Crippen LogP contribution >= 0.6 is 11.6 Å². The molecule has 29 heavy (non-hydrogen) atoms. The SMILES string of the molecule is CCCCOC(=O)c1c(N)n(Cc2ccc(Cl)cc2)c2nc3ccccc3nc12. The minimum atomic E-state index is -0.472. The van der Waals surface area contributed by atoms with E-state index in [4.69, 9.17) is 27.1 Å². The number of para-hydroxylation sites is 2. The number of benzene rings is 2. The van der Waals surface area contributed by atoms with Crippen molar-refractivity contribution in [2.75, 3.05) is 12.3 Å². The molecule has 0 atom stereocenters. The first-order valence-corrected chi connectivity index (χ1v) is 9.92. The number of hydrogen-bond acceptors (Lipinski definition) is 5. The molecule has 0 saturated heterocycles. The summed E-state index contributed by atoms with van der Waals surface area (Å²) < 4.78 is 7.23. The minimum absolute atomic E-state index is 0.267. The summed E-state index contributed by atoms with van der Waals surface area (Å²) in [5.41, 5.74) is 10.1. The number of nitrogen functional groups attached to an aromatic ring is 1. The Balaban J connectivity index is 1.86. The van der Waals surface area contributed by atoms with E-state index in [0.29, 0.717) is 40.7 Å². The molecule has 0 bridgehead atoms. The molecule has 0 spiro atoms. The number of unbranched alkanes of at least 4 members (excludes halogenated alkanes) is 1. The highest BCUT2D eigenvalue weighted by atomic mass is 35.5. The average Bonchev–Trinajstić information content (AvgIpc) is 2.99. The number of rotatable bonds is 6. The average molecular weight is 409 g/mol. The van der Waals surface area contributed by atoms with Crippen molar-refractivity contribution in [3.8, 4) is 0 Å². The first-order chi connectivity index (χ1) is 14.1. The molecule has 2 N–H and O–H groups in total. The van der Waals surface area contributed by atoms with Gasteiger partial charge in [0, 0.05) is 5.02 Å². The maximum absolute atomic E-state index is 12.8. The van der Waals surface area contributed by atoms with Gasteiger partial charge < -0.3 is 15.0 Å². The van der Waals surface area contributed by atoms with Gasteiger partial charge in [0.15, 0.2) is 5.65 Å². The smallest absolute Gasteiger partial charge is 0.344 e. The van der Waals surface area contributed by atoms with Gasteiger partial charge in [0.1, 0.15) is 16.9 Å². The number of esters is 1. The fourth-order valence-electron chi connectivity index (χ4n) is 3.23. The molecule has 148 valence electrons. The Labute approximate surface area is 173 Å². The normalized spacial score (nSPS) is 11.2. The number of nitrogens with zero attached hydrogens (tertiary/aromatic N) is 3. The van der Waals surface area contributed by atoms with Crippen LogP contribution in [0.25, 0.3) is 22.2 Å². The van der Waals surface area contributed by atoms with E-state index in [1.165, 1.54) is 0 Å². The number of fused-ring (bicyclic) bond motifs is 2. The Morgan fingerprint density at radius 2 is 1.79 bits per heavy atom. The lowest BCUT2D eigenvalue weighted by molar-refractivity contribution is 0.0503. The second kappa shape index (κ2) is 8.09. The highest BCUT2D eigenvalue weighted by Gasteiger charge is 2.25. The summed E-state index contributed by atoms with van der Waals surface area (Å²) in [7, 11) is 0. The molecule has 4 rings (SSSR count). The molecular formula is C22H21ClN4O2. The predicted molar refractivity (Wildman–Crippen MR) is 115 cm³/mol. The van der Waals surface area contributed by atoms with E-state index in [1.807, 2.05) is 55.5 Å². The van der Waals surface area contributed by atoms with E-state index in [9.17, 15) is 4.79 Å². The number of ether oxygens (including phenoxy) is 1. The van der Waals surface area contributed by atoms with Gasteiger partial charge in [0.05, 0.1) is 24.2 Å². The lowest BCUT2D eigenvalue weighted by Gasteiger charge is -2.08. The standard InChI is InChI=1S/C22H21ClN4O2/c1-2-3-12-29-22(28)18-19-21(26-17-7-5-4-6-16(17)25-19)27(20(18)24)13-14-8-10-15(23)11-9-14/h4-11H,2-3,12-13,24H2,1H3. The first-order valence-electron chi connectivity index (χ1n) is 9.54. The fraction of sp³-hybridized carbons (Fsp3) is 0.227. The number of aromatic nitrogens is 3. The van der Waals surface area contributed by atoms with Crippen molar-refractivity contribution >= 4 is 45.6 Å². The minimum Gasteiger partial charge on any atom is -0.462 e. The van der Waals surface area contributed by atoms with Crippen LogP contribution in [0.2, 0.25) is 5.02 Å². The number of hydrogen-bond donors (Lipinski definition) is 1. The lowest BCUT2D eigenvalue weighted by atomic mass is 10.2. The molecule has 0 radical (unpaired) electrons. The van der Waals surface area contributed by atoms with Crippen molar-refractivity contribution in [2.45, 2.75) is 26.3 Å². The molecule has 0 amide bonds. The van der Waals surface area contributed by atoms with E-state index >= 15 is 0 Å². The number of carbonyl (C=O) groups excluding carboxylic acids is 1. The second-order valence-electron chi connectivity index (χ2n) is 6.85. The molecule has 0 aliphatic rings. The van der Waals surface area contributed by atoms with Crippen LogP contribution in [0.4, 0.5) is 5.82 Å². The quantitative estimate of drug-likeness (QED) is 0.365. The summed E-state index contributed by atoms with van der Waals surface area (Å²) in [6, 6.07) is 15.0. The maximum atomic E-state index is 12.8. The number of halogens is 1. The molecule has 0 saturated carbocycles. The molecule has 0 unspecified atom stereocenters. The zero-order valence-electron chi connectivity index (χ0n) is 16.1. The second-order valence-corrected chi connectivity index (χ2v) is 7.28. The van der Waals surface area contributed by atoms with Crippen LogP contribution < -0.4 is 5.73 Å². The van der Waals surface area contributed by atoms with E-state index < -0.39 is 5.97 Å². The molecule has 0 aliphatic heterocycles. The molecule has 2 aromatic carbocycles. The summed E-state index contributed by atoms with van der Waals surface area (Å²) in [5, 5.41) is 0.657. The van der Waals surface area contributed by atoms with Crippen LogP contribution in [-0.4, -0.2) is 27.1 Å². The Morgan fingerprint density at radius 1 is 1.10 bits per heavy atom. The highest BCUT2D eigenvalue weighted by molar-refractivity contribution is 6.30. The molecule has 2 heterocycles. The summed E-state index contributed by atoms with van der Waals surface area (Å²) in [6.07, 6.45) is 1.73. The molecular weight excluding hydrogens is 388 g/mol. The topological polar surface area (TPSA) is 83.0 Å². The van der Waals surface area contributed by atoms with Crippen LogP contribution in [0.15, 0.2) is 48.5 Å². The predicted octanol–water partition coefficient (Wildman–Crippen LogP) is 4.83. The van der Waals surface area contributed by atoms with E-state index in [-0.39, 0.29) is 5.56 Å². The van der Waals surface area contributed by atoms with Crippen LogP contribution in [0.1, 0.15) is 35.7 Å². The molecule has 6 nitrogen and oxygen atoms in total. The summed E-state index contributed by atoms with van der Waals surface area (Å²) in [6.45, 7) is 2.83. The van der Waals surface area contributed by atoms with Crippen molar-refractivity contribution in [2.24, 2.45) is 0 Å². The van der Waals surface area contributed by atoms with Crippen LogP contribution in [0.5, 0.6) is 0 Å². The fourth-order valence-corrected chi connectivity index (χ4v) is 3.36. The third-order valence-corrected chi connectivity index (χ3v) is 5.03. The third kappa shape index (κ3) is 3.76. The largest absolute Gasteiger partial charge is 0.462 e. The molecule has 0 aliphatic carbocycles. The van der Waals surface area contributed by atoms with Crippen LogP contribution in [0.3, 0.4) is 0 Å². The van der Waals surface area contributed by atoms with E-state index in [1.54, 1.807) is 4.57 Å². The molecule has 7 heteroatoms. The summed E-state index contributed by atoms with van der Waals surface area (Å²) in [4.78, 5) is 22.2. The highest BCUT2D eigenvalue weighted by Crippen LogP contribution is 2.29. The Bertz CT molecular complexity index is 1190. The van der Waals surface area contributed by atoms with Gasteiger partial charge in [-0.15, -0.1) is 0 Å². The summed E-state index contributed by atoms with van der Waals surface area (Å²) >= 11 is 6.00. The van der Waals surface area contributed by atoms with Gasteiger partial charge in [0.2, 0.25) is 0 Å². The van der Waals surface area contributed by atoms with E-state index in [0.717, 1.165) is 23.9 Å². The lowest BCUT2D eigenvalue weighted by Crippen LogP contribution is -2.11. The van der Waals surface area contributed by atoms with Gasteiger partial charge in [-0.05, 0) is 36.2 Å². The number of nitrogens with two attached hydrogens (primary N) is 1. The van der Waals surface area contributed by atoms with Gasteiger partial charge in [0.25, 0.3) is 0 Å². The van der Waals surface area contributed by atoms with E-state index in [2.05, 4.69) is 4.98 Å². The van der Waals surface area contributed by atoms with Crippen LogP contribution in [-0.2, 0) is 11.3 Å². The van der Waals surface area contributed by atoms with Crippen molar-refractivity contribution in [3.63, 3.8) is 0 Å². The van der Waals surface area contributed by atoms with Crippen molar-refractivity contribution < 1.29 is 9.53 Å². The monoisotopic (exact) mass is 408 g/mol. The van der Waals surface area contributed by atoms with Crippen molar-refractivity contribution in [1.29, 1.82) is 0 Å². The van der Waals surface area contributed by atoms with Crippen LogP contribution in [0, 0.1) is 0 Å². The first kappa shape index (κ1) is 19.2. The zero-order valence-corrected chi connectivity index (χ0v) is 16.8. The van der Waals surface area contributed by atoms with Gasteiger partial charge >= 0.3 is 5.97 Å².